The van der Waals surface area contributed by atoms with Gasteiger partial charge in [-0.25, -0.2) is 0 Å². The molecule has 2 aromatic rings. The van der Waals surface area contributed by atoms with Gasteiger partial charge in [0.15, 0.2) is 0 Å². The van der Waals surface area contributed by atoms with E-state index in [1.54, 1.807) is 0 Å². The Kier molecular flexibility index (Phi) is 3.64. The average molecular weight is 206 g/mol. The van der Waals surface area contributed by atoms with Crippen molar-refractivity contribution in [3.63, 3.8) is 0 Å². The second kappa shape index (κ2) is 5.43. The Balaban J connectivity index is 0.000000124. The first-order valence-corrected chi connectivity index (χ1v) is 5.01. The molecule has 1 aliphatic rings. The third-order valence-corrected chi connectivity index (χ3v) is 2.07. The molecule has 1 aromatic heterocycles. The van der Waals surface area contributed by atoms with Gasteiger partial charge >= 0.3 is 0 Å². The molecule has 2 heterocycles. The molecule has 1 aromatic carbocycles. The van der Waals surface area contributed by atoms with Crippen LogP contribution in [0.25, 0.3) is 11.0 Å². The molecule has 5 heteroatoms. The van der Waals surface area contributed by atoms with E-state index in [2.05, 4.69) is 20.7 Å². The number of aromatic nitrogens is 3. The minimum Gasteiger partial charge on any atom is -0.379 e. The van der Waals surface area contributed by atoms with E-state index < -0.39 is 0 Å². The van der Waals surface area contributed by atoms with E-state index >= 15 is 0 Å². The van der Waals surface area contributed by atoms with Crippen molar-refractivity contribution in [3.05, 3.63) is 24.3 Å². The molecule has 1 saturated heterocycles. The normalized spacial score (nSPS) is 15.7. The number of nitrogens with zero attached hydrogens (tertiary/aromatic N) is 2. The Morgan fingerprint density at radius 3 is 2.00 bits per heavy atom. The van der Waals surface area contributed by atoms with Crippen molar-refractivity contribution in [1.82, 2.24) is 20.7 Å². The lowest BCUT2D eigenvalue weighted by atomic mass is 10.3. The highest BCUT2D eigenvalue weighted by molar-refractivity contribution is 5.72. The van der Waals surface area contributed by atoms with Crippen molar-refractivity contribution >= 4 is 11.0 Å². The summed E-state index contributed by atoms with van der Waals surface area (Å²) in [5.41, 5.74) is 1.83. The van der Waals surface area contributed by atoms with Gasteiger partial charge in [0.1, 0.15) is 11.0 Å². The van der Waals surface area contributed by atoms with Crippen LogP contribution in [0, 0.1) is 0 Å². The predicted octanol–water partition coefficient (Wildman–Crippen LogP) is 0.564. The topological polar surface area (TPSA) is 62.8 Å². The molecule has 2 N–H and O–H groups in total. The van der Waals surface area contributed by atoms with Gasteiger partial charge in [-0.1, -0.05) is 12.1 Å². The van der Waals surface area contributed by atoms with Crippen LogP contribution in [0.1, 0.15) is 0 Å². The van der Waals surface area contributed by atoms with Crippen LogP contribution in [-0.2, 0) is 4.74 Å². The Bertz CT molecular complexity index is 355. The first kappa shape index (κ1) is 10.1. The van der Waals surface area contributed by atoms with Gasteiger partial charge in [0.05, 0.1) is 13.2 Å². The monoisotopic (exact) mass is 206 g/mol. The summed E-state index contributed by atoms with van der Waals surface area (Å²) in [5, 5.41) is 13.5. The van der Waals surface area contributed by atoms with E-state index in [9.17, 15) is 0 Å². The lowest BCUT2D eigenvalue weighted by molar-refractivity contribution is 0.109. The van der Waals surface area contributed by atoms with Crippen LogP contribution in [-0.4, -0.2) is 41.7 Å². The lowest BCUT2D eigenvalue weighted by Crippen LogP contribution is -2.30. The summed E-state index contributed by atoms with van der Waals surface area (Å²) < 4.78 is 5.01. The van der Waals surface area contributed by atoms with Crippen molar-refractivity contribution in [2.45, 2.75) is 0 Å². The summed E-state index contributed by atoms with van der Waals surface area (Å²) in [6.07, 6.45) is 0. The minimum absolute atomic E-state index is 0.889. The van der Waals surface area contributed by atoms with Gasteiger partial charge in [-0.2, -0.15) is 15.4 Å². The molecule has 0 bridgehead atoms. The molecule has 0 unspecified atom stereocenters. The molecular weight excluding hydrogens is 192 g/mol. The highest BCUT2D eigenvalue weighted by Crippen LogP contribution is 2.03. The van der Waals surface area contributed by atoms with Gasteiger partial charge in [-0.3, -0.25) is 0 Å². The standard InChI is InChI=1S/C6H5N3.C4H9NO/c1-2-4-6-5(3-1)7-9-8-6;1-3-6-4-2-5-1/h1-4H,(H,7,8,9);5H,1-4H2. The highest BCUT2D eigenvalue weighted by atomic mass is 16.5. The van der Waals surface area contributed by atoms with Gasteiger partial charge in [-0.15, -0.1) is 0 Å². The first-order valence-electron chi connectivity index (χ1n) is 5.01. The molecule has 3 rings (SSSR count). The van der Waals surface area contributed by atoms with Crippen LogP contribution in [0.2, 0.25) is 0 Å². The van der Waals surface area contributed by atoms with Crippen LogP contribution < -0.4 is 5.32 Å². The molecule has 0 aliphatic carbocycles. The number of benzene rings is 1. The Morgan fingerprint density at radius 2 is 1.60 bits per heavy atom. The highest BCUT2D eigenvalue weighted by Gasteiger charge is 1.93. The lowest BCUT2D eigenvalue weighted by Gasteiger charge is -2.10. The zero-order chi connectivity index (χ0) is 10.3. The second-order valence-electron chi connectivity index (χ2n) is 3.17. The van der Waals surface area contributed by atoms with Crippen molar-refractivity contribution in [1.29, 1.82) is 0 Å². The summed E-state index contributed by atoms with van der Waals surface area (Å²) in [5.74, 6) is 0. The summed E-state index contributed by atoms with van der Waals surface area (Å²) in [4.78, 5) is 0. The van der Waals surface area contributed by atoms with E-state index in [0.29, 0.717) is 0 Å². The fourth-order valence-corrected chi connectivity index (χ4v) is 1.30. The summed E-state index contributed by atoms with van der Waals surface area (Å²) in [6, 6.07) is 7.70. The molecule has 5 nitrogen and oxygen atoms in total. The SMILES string of the molecule is C1COCCN1.c1ccc2n[nH]nc2c1. The molecule has 1 aliphatic heterocycles. The van der Waals surface area contributed by atoms with E-state index in [4.69, 9.17) is 4.74 Å². The van der Waals surface area contributed by atoms with Crippen molar-refractivity contribution in [3.8, 4) is 0 Å². The number of ether oxygens (including phenoxy) is 1. The van der Waals surface area contributed by atoms with Gasteiger partial charge < -0.3 is 10.1 Å². The number of aromatic amines is 1. The van der Waals surface area contributed by atoms with Gasteiger partial charge in [0.25, 0.3) is 0 Å². The molecule has 0 radical (unpaired) electrons. The maximum Gasteiger partial charge on any atom is 0.112 e. The number of hydrogen-bond donors (Lipinski definition) is 2. The summed E-state index contributed by atoms with van der Waals surface area (Å²) >= 11 is 0. The van der Waals surface area contributed by atoms with E-state index in [1.807, 2.05) is 24.3 Å². The molecule has 15 heavy (non-hydrogen) atoms. The third kappa shape index (κ3) is 3.00. The molecular formula is C10H14N4O. The van der Waals surface area contributed by atoms with Crippen molar-refractivity contribution in [2.75, 3.05) is 26.3 Å². The van der Waals surface area contributed by atoms with Gasteiger partial charge in [0.2, 0.25) is 0 Å². The smallest absolute Gasteiger partial charge is 0.112 e. The number of morpholine rings is 1. The number of nitrogens with one attached hydrogen (secondary N) is 2. The van der Waals surface area contributed by atoms with Crippen LogP contribution >= 0.6 is 0 Å². The predicted molar refractivity (Wildman–Crippen MR) is 57.6 cm³/mol. The third-order valence-electron chi connectivity index (χ3n) is 2.07. The molecule has 1 fully saturated rings. The molecule has 0 saturated carbocycles. The fourth-order valence-electron chi connectivity index (χ4n) is 1.30. The van der Waals surface area contributed by atoms with Gasteiger partial charge in [-0.05, 0) is 12.1 Å². The Labute approximate surface area is 87.8 Å². The number of rotatable bonds is 0. The molecule has 0 spiro atoms. The number of H-pyrrole nitrogens is 1. The zero-order valence-corrected chi connectivity index (χ0v) is 8.44. The van der Waals surface area contributed by atoms with E-state index in [0.717, 1.165) is 37.3 Å². The van der Waals surface area contributed by atoms with Crippen molar-refractivity contribution < 1.29 is 4.74 Å². The minimum atomic E-state index is 0.889. The average Bonchev–Trinajstić information content (AvgIpc) is 2.80. The zero-order valence-electron chi connectivity index (χ0n) is 8.44. The van der Waals surface area contributed by atoms with Crippen molar-refractivity contribution in [2.24, 2.45) is 0 Å². The van der Waals surface area contributed by atoms with Crippen LogP contribution in [0.5, 0.6) is 0 Å². The Hall–Kier alpha value is -1.46. The Morgan fingerprint density at radius 1 is 1.00 bits per heavy atom. The van der Waals surface area contributed by atoms with E-state index in [-0.39, 0.29) is 0 Å². The molecule has 80 valence electrons. The number of hydrogen-bond acceptors (Lipinski definition) is 4. The largest absolute Gasteiger partial charge is 0.379 e. The first-order chi connectivity index (χ1) is 7.47. The quantitative estimate of drug-likeness (QED) is 0.661. The molecule has 0 amide bonds. The fraction of sp³-hybridized carbons (Fsp3) is 0.400. The number of para-hydroxylation sites is 2. The molecule has 0 atom stereocenters. The summed E-state index contributed by atoms with van der Waals surface area (Å²) in [6.45, 7) is 3.83. The number of fused-ring (bicyclic) bond motifs is 1. The second-order valence-corrected chi connectivity index (χ2v) is 3.17. The van der Waals surface area contributed by atoms with E-state index in [1.165, 1.54) is 0 Å². The van der Waals surface area contributed by atoms with Gasteiger partial charge in [0, 0.05) is 13.1 Å². The van der Waals surface area contributed by atoms with Crippen LogP contribution in [0.15, 0.2) is 24.3 Å². The van der Waals surface area contributed by atoms with Crippen LogP contribution in [0.3, 0.4) is 0 Å². The van der Waals surface area contributed by atoms with Crippen LogP contribution in [0.4, 0.5) is 0 Å². The maximum atomic E-state index is 5.01. The summed E-state index contributed by atoms with van der Waals surface area (Å²) in [7, 11) is 0. The maximum absolute atomic E-state index is 5.01.